The number of nitro groups is 1. The second kappa shape index (κ2) is 2.80. The first kappa shape index (κ1) is 8.68. The Morgan fingerprint density at radius 1 is 1.50 bits per heavy atom. The number of rotatable bonds is 1. The zero-order valence-corrected chi connectivity index (χ0v) is 7.53. The highest BCUT2D eigenvalue weighted by Gasteiger charge is 2.27. The van der Waals surface area contributed by atoms with Crippen molar-refractivity contribution in [2.24, 2.45) is 0 Å². The minimum atomic E-state index is -0.482. The summed E-state index contributed by atoms with van der Waals surface area (Å²) in [6, 6.07) is 3.08. The lowest BCUT2D eigenvalue weighted by molar-refractivity contribution is -0.383. The van der Waals surface area contributed by atoms with Crippen LogP contribution < -0.4 is 5.32 Å². The van der Waals surface area contributed by atoms with Gasteiger partial charge in [0.15, 0.2) is 0 Å². The fraction of sp³-hybridized carbons (Fsp3) is 0.222. The number of anilines is 1. The Kier molecular flexibility index (Phi) is 1.73. The molecule has 5 heteroatoms. The molecular weight excluding hydrogens is 184 g/mol. The lowest BCUT2D eigenvalue weighted by Gasteiger charge is -2.02. The monoisotopic (exact) mass is 192 g/mol. The van der Waals surface area contributed by atoms with E-state index in [4.69, 9.17) is 0 Å². The summed E-state index contributed by atoms with van der Waals surface area (Å²) in [4.78, 5) is 21.2. The summed E-state index contributed by atoms with van der Waals surface area (Å²) in [5.74, 6) is -0.183. The van der Waals surface area contributed by atoms with Crippen LogP contribution in [0.2, 0.25) is 0 Å². The minimum absolute atomic E-state index is 0.0311. The molecule has 0 radical (unpaired) electrons. The standard InChI is InChI=1S/C9H8N2O3/c1-5-2-3-7(11(13)14)9-6(5)4-8(12)10-9/h2-3H,4H2,1H3,(H,10,12). The predicted molar refractivity (Wildman–Crippen MR) is 50.2 cm³/mol. The van der Waals surface area contributed by atoms with E-state index in [-0.39, 0.29) is 18.0 Å². The zero-order chi connectivity index (χ0) is 10.3. The first-order valence-electron chi connectivity index (χ1n) is 4.16. The van der Waals surface area contributed by atoms with E-state index < -0.39 is 4.92 Å². The SMILES string of the molecule is Cc1ccc([N+](=O)[O-])c2c1CC(=O)N2. The number of nitrogens with zero attached hydrogens (tertiary/aromatic N) is 1. The van der Waals surface area contributed by atoms with Crippen LogP contribution in [0.4, 0.5) is 11.4 Å². The highest BCUT2D eigenvalue weighted by molar-refractivity contribution is 6.02. The average molecular weight is 192 g/mol. The second-order valence-electron chi connectivity index (χ2n) is 3.24. The van der Waals surface area contributed by atoms with Gasteiger partial charge in [-0.05, 0) is 18.1 Å². The summed E-state index contributed by atoms with van der Waals surface area (Å²) >= 11 is 0. The molecule has 1 aromatic rings. The van der Waals surface area contributed by atoms with Crippen LogP contribution in [0, 0.1) is 17.0 Å². The normalized spacial score (nSPS) is 13.6. The van der Waals surface area contributed by atoms with Gasteiger partial charge in [0.25, 0.3) is 5.69 Å². The molecule has 0 bridgehead atoms. The number of nitrogens with one attached hydrogen (secondary N) is 1. The van der Waals surface area contributed by atoms with Crippen molar-refractivity contribution < 1.29 is 9.72 Å². The van der Waals surface area contributed by atoms with Crippen molar-refractivity contribution in [1.29, 1.82) is 0 Å². The molecule has 1 aromatic carbocycles. The quantitative estimate of drug-likeness (QED) is 0.539. The van der Waals surface area contributed by atoms with Gasteiger partial charge in [0.1, 0.15) is 5.69 Å². The molecule has 1 aliphatic rings. The molecule has 0 aromatic heterocycles. The van der Waals surface area contributed by atoms with Gasteiger partial charge in [-0.25, -0.2) is 0 Å². The number of nitro benzene ring substituents is 1. The van der Waals surface area contributed by atoms with E-state index in [1.165, 1.54) is 6.07 Å². The molecule has 0 atom stereocenters. The summed E-state index contributed by atoms with van der Waals surface area (Å²) in [6.45, 7) is 1.84. The molecule has 1 N–H and O–H groups in total. The Morgan fingerprint density at radius 3 is 2.86 bits per heavy atom. The fourth-order valence-electron chi connectivity index (χ4n) is 1.60. The molecule has 14 heavy (non-hydrogen) atoms. The topological polar surface area (TPSA) is 72.2 Å². The van der Waals surface area contributed by atoms with Crippen LogP contribution >= 0.6 is 0 Å². The Labute approximate surface area is 79.9 Å². The van der Waals surface area contributed by atoms with Gasteiger partial charge >= 0.3 is 0 Å². The summed E-state index contributed by atoms with van der Waals surface area (Å²) < 4.78 is 0. The third-order valence-corrected chi connectivity index (χ3v) is 2.32. The summed E-state index contributed by atoms with van der Waals surface area (Å²) in [7, 11) is 0. The van der Waals surface area contributed by atoms with E-state index in [9.17, 15) is 14.9 Å². The van der Waals surface area contributed by atoms with Crippen LogP contribution in [0.3, 0.4) is 0 Å². The molecule has 72 valence electrons. The van der Waals surface area contributed by atoms with Crippen LogP contribution in [0.15, 0.2) is 12.1 Å². The number of fused-ring (bicyclic) bond motifs is 1. The first-order chi connectivity index (χ1) is 6.59. The molecule has 1 amide bonds. The van der Waals surface area contributed by atoms with Crippen molar-refractivity contribution in [1.82, 2.24) is 0 Å². The van der Waals surface area contributed by atoms with Gasteiger partial charge in [0, 0.05) is 6.07 Å². The number of amides is 1. The smallest absolute Gasteiger partial charge is 0.293 e. The Morgan fingerprint density at radius 2 is 2.21 bits per heavy atom. The Hall–Kier alpha value is -1.91. The number of carbonyl (C=O) groups excluding carboxylic acids is 1. The molecule has 0 saturated carbocycles. The van der Waals surface area contributed by atoms with Gasteiger partial charge < -0.3 is 5.32 Å². The number of benzene rings is 1. The van der Waals surface area contributed by atoms with Gasteiger partial charge in [-0.15, -0.1) is 0 Å². The number of carbonyl (C=O) groups is 1. The number of aryl methyl sites for hydroxylation is 1. The van der Waals surface area contributed by atoms with Crippen molar-refractivity contribution in [3.8, 4) is 0 Å². The summed E-state index contributed by atoms with van der Waals surface area (Å²) in [5.41, 5.74) is 1.98. The van der Waals surface area contributed by atoms with Gasteiger partial charge in [-0.3, -0.25) is 14.9 Å². The second-order valence-corrected chi connectivity index (χ2v) is 3.24. The van der Waals surface area contributed by atoms with Gasteiger partial charge in [0.2, 0.25) is 5.91 Å². The van der Waals surface area contributed by atoms with E-state index in [0.717, 1.165) is 11.1 Å². The maximum Gasteiger partial charge on any atom is 0.293 e. The molecule has 0 fully saturated rings. The van der Waals surface area contributed by atoms with Gasteiger partial charge in [0.05, 0.1) is 11.3 Å². The van der Waals surface area contributed by atoms with Crippen molar-refractivity contribution in [3.05, 3.63) is 33.4 Å². The third kappa shape index (κ3) is 1.14. The van der Waals surface area contributed by atoms with E-state index in [1.807, 2.05) is 6.92 Å². The molecule has 1 aliphatic heterocycles. The molecule has 0 spiro atoms. The van der Waals surface area contributed by atoms with Crippen LogP contribution in [0.25, 0.3) is 0 Å². The lowest BCUT2D eigenvalue weighted by Crippen LogP contribution is -2.04. The molecule has 0 saturated heterocycles. The molecule has 5 nitrogen and oxygen atoms in total. The molecule has 0 aliphatic carbocycles. The predicted octanol–water partition coefficient (Wildman–Crippen LogP) is 1.40. The highest BCUT2D eigenvalue weighted by atomic mass is 16.6. The molecule has 1 heterocycles. The van der Waals surface area contributed by atoms with E-state index in [1.54, 1.807) is 6.07 Å². The molecular formula is C9H8N2O3. The largest absolute Gasteiger partial charge is 0.320 e. The Bertz CT molecular complexity index is 440. The maximum atomic E-state index is 11.1. The maximum absolute atomic E-state index is 11.1. The lowest BCUT2D eigenvalue weighted by atomic mass is 10.1. The van der Waals surface area contributed by atoms with Crippen LogP contribution in [-0.2, 0) is 11.2 Å². The number of hydrogen-bond acceptors (Lipinski definition) is 3. The van der Waals surface area contributed by atoms with Crippen molar-refractivity contribution in [3.63, 3.8) is 0 Å². The summed E-state index contributed by atoms with van der Waals surface area (Å²) in [6.07, 6.45) is 0.239. The van der Waals surface area contributed by atoms with Crippen LogP contribution in [0.1, 0.15) is 11.1 Å². The average Bonchev–Trinajstić information content (AvgIpc) is 2.47. The first-order valence-corrected chi connectivity index (χ1v) is 4.16. The van der Waals surface area contributed by atoms with Crippen molar-refractivity contribution >= 4 is 17.3 Å². The fourth-order valence-corrected chi connectivity index (χ4v) is 1.60. The van der Waals surface area contributed by atoms with E-state index in [2.05, 4.69) is 5.32 Å². The van der Waals surface area contributed by atoms with Crippen molar-refractivity contribution in [2.45, 2.75) is 13.3 Å². The van der Waals surface area contributed by atoms with Crippen LogP contribution in [-0.4, -0.2) is 10.8 Å². The van der Waals surface area contributed by atoms with E-state index in [0.29, 0.717) is 5.69 Å². The van der Waals surface area contributed by atoms with Gasteiger partial charge in [-0.2, -0.15) is 0 Å². The third-order valence-electron chi connectivity index (χ3n) is 2.32. The minimum Gasteiger partial charge on any atom is -0.320 e. The van der Waals surface area contributed by atoms with Gasteiger partial charge in [-0.1, -0.05) is 6.07 Å². The zero-order valence-electron chi connectivity index (χ0n) is 7.53. The summed E-state index contributed by atoms with van der Waals surface area (Å²) in [5, 5.41) is 13.1. The molecule has 0 unspecified atom stereocenters. The van der Waals surface area contributed by atoms with Crippen LogP contribution in [0.5, 0.6) is 0 Å². The number of hydrogen-bond donors (Lipinski definition) is 1. The van der Waals surface area contributed by atoms with E-state index >= 15 is 0 Å². The van der Waals surface area contributed by atoms with Crippen molar-refractivity contribution in [2.75, 3.05) is 5.32 Å². The Balaban J connectivity index is 2.64. The highest BCUT2D eigenvalue weighted by Crippen LogP contribution is 2.34. The molecule has 2 rings (SSSR count).